The van der Waals surface area contributed by atoms with Crippen molar-refractivity contribution in [2.45, 2.75) is 38.4 Å². The molecule has 0 radical (unpaired) electrons. The lowest BCUT2D eigenvalue weighted by Crippen LogP contribution is -2.56. The number of aromatic amines is 1. The molecule has 10 nitrogen and oxygen atoms in total. The number of fused-ring (bicyclic) bond motifs is 1. The Morgan fingerprint density at radius 1 is 1.32 bits per heavy atom. The molecule has 0 spiro atoms. The molecule has 0 saturated heterocycles. The maximum absolute atomic E-state index is 13.3. The maximum Gasteiger partial charge on any atom is 0.291 e. The molecular weight excluding hydrogens is 431 g/mol. The van der Waals surface area contributed by atoms with Gasteiger partial charge in [0.05, 0.1) is 17.6 Å². The third-order valence-electron chi connectivity index (χ3n) is 4.24. The lowest BCUT2D eigenvalue weighted by molar-refractivity contribution is -0.144. The van der Waals surface area contributed by atoms with Crippen LogP contribution in [0.3, 0.4) is 0 Å². The third kappa shape index (κ3) is 6.92. The molecule has 168 valence electrons. The SMILES string of the molecule is CC(C)CC(NC(=O)c1cc2ncccc2[nH]1)C(=O)NN(CCC(N)=O)C(=O)C(F)Cl. The number of primary amides is 1. The first kappa shape index (κ1) is 24.1. The van der Waals surface area contributed by atoms with Crippen LogP contribution in [0.4, 0.5) is 4.39 Å². The van der Waals surface area contributed by atoms with Crippen LogP contribution in [0.25, 0.3) is 11.0 Å². The van der Waals surface area contributed by atoms with Crippen LogP contribution in [-0.2, 0) is 14.4 Å². The molecular formula is C19H24ClFN6O4. The predicted octanol–water partition coefficient (Wildman–Crippen LogP) is 0.977. The summed E-state index contributed by atoms with van der Waals surface area (Å²) in [5, 5.41) is 3.18. The number of hydrogen-bond acceptors (Lipinski definition) is 5. The van der Waals surface area contributed by atoms with Crippen molar-refractivity contribution in [1.29, 1.82) is 0 Å². The summed E-state index contributed by atoms with van der Waals surface area (Å²) in [5.41, 5.74) is 6.27. The van der Waals surface area contributed by atoms with E-state index < -0.39 is 35.3 Å². The highest BCUT2D eigenvalue weighted by molar-refractivity contribution is 6.29. The highest BCUT2D eigenvalue weighted by Crippen LogP contribution is 2.13. The third-order valence-corrected chi connectivity index (χ3v) is 4.43. The summed E-state index contributed by atoms with van der Waals surface area (Å²) in [6.07, 6.45) is 1.49. The molecule has 5 N–H and O–H groups in total. The van der Waals surface area contributed by atoms with Crippen LogP contribution < -0.4 is 16.5 Å². The molecule has 2 heterocycles. The molecule has 0 fully saturated rings. The number of H-pyrrole nitrogens is 1. The van der Waals surface area contributed by atoms with E-state index in [1.54, 1.807) is 24.4 Å². The van der Waals surface area contributed by atoms with Crippen LogP contribution in [0.5, 0.6) is 0 Å². The lowest BCUT2D eigenvalue weighted by Gasteiger charge is -2.26. The van der Waals surface area contributed by atoms with Gasteiger partial charge in [-0.05, 0) is 30.5 Å². The Labute approximate surface area is 182 Å². The van der Waals surface area contributed by atoms with Crippen molar-refractivity contribution < 1.29 is 23.6 Å². The minimum absolute atomic E-state index is 0.00264. The Bertz CT molecular complexity index is 931. The second-order valence-electron chi connectivity index (χ2n) is 7.26. The average Bonchev–Trinajstić information content (AvgIpc) is 3.13. The number of aromatic nitrogens is 2. The summed E-state index contributed by atoms with van der Waals surface area (Å²) in [6.45, 7) is 3.31. The zero-order valence-electron chi connectivity index (χ0n) is 17.0. The van der Waals surface area contributed by atoms with Gasteiger partial charge in [0.1, 0.15) is 11.7 Å². The summed E-state index contributed by atoms with van der Waals surface area (Å²) in [7, 11) is 0. The molecule has 2 rings (SSSR count). The zero-order valence-corrected chi connectivity index (χ0v) is 17.8. The minimum Gasteiger partial charge on any atom is -0.370 e. The molecule has 2 unspecified atom stereocenters. The standard InChI is InChI=1S/C19H24ClFN6O4/c1-10(2)8-13(18(30)26-27(7-5-15(22)28)19(31)16(20)21)25-17(29)14-9-12-11(24-14)4-3-6-23-12/h3-4,6,9-10,13,16,24H,5,7-8H2,1-2H3,(H2,22,28)(H,25,29)(H,26,30). The highest BCUT2D eigenvalue weighted by atomic mass is 35.5. The maximum atomic E-state index is 13.3. The summed E-state index contributed by atoms with van der Waals surface area (Å²) >= 11 is 5.18. The van der Waals surface area contributed by atoms with Crippen molar-refractivity contribution in [1.82, 2.24) is 25.7 Å². The van der Waals surface area contributed by atoms with Crippen LogP contribution in [0.2, 0.25) is 0 Å². The largest absolute Gasteiger partial charge is 0.370 e. The molecule has 0 aliphatic heterocycles. The summed E-state index contributed by atoms with van der Waals surface area (Å²) < 4.78 is 13.3. The number of pyridine rings is 1. The molecule has 2 atom stereocenters. The van der Waals surface area contributed by atoms with Gasteiger partial charge in [-0.2, -0.15) is 0 Å². The normalized spacial score (nSPS) is 12.9. The van der Waals surface area contributed by atoms with Gasteiger partial charge in [-0.1, -0.05) is 25.4 Å². The van der Waals surface area contributed by atoms with E-state index in [1.807, 2.05) is 13.8 Å². The van der Waals surface area contributed by atoms with E-state index in [4.69, 9.17) is 17.3 Å². The molecule has 0 bridgehead atoms. The van der Waals surface area contributed by atoms with Crippen LogP contribution >= 0.6 is 11.6 Å². The van der Waals surface area contributed by atoms with Gasteiger partial charge in [0.2, 0.25) is 5.91 Å². The number of carbonyl (C=O) groups excluding carboxylic acids is 4. The Hall–Kier alpha value is -3.21. The first-order valence-electron chi connectivity index (χ1n) is 9.51. The summed E-state index contributed by atoms with van der Waals surface area (Å²) in [5.74, 6) is -3.35. The van der Waals surface area contributed by atoms with Gasteiger partial charge in [0.25, 0.3) is 23.4 Å². The number of nitrogens with one attached hydrogen (secondary N) is 3. The Morgan fingerprint density at radius 2 is 2.03 bits per heavy atom. The number of alkyl halides is 2. The van der Waals surface area contributed by atoms with Crippen molar-refractivity contribution in [3.05, 3.63) is 30.1 Å². The first-order chi connectivity index (χ1) is 14.6. The lowest BCUT2D eigenvalue weighted by atomic mass is 10.0. The van der Waals surface area contributed by atoms with E-state index in [2.05, 4.69) is 20.7 Å². The second kappa shape index (κ2) is 10.7. The van der Waals surface area contributed by atoms with Crippen LogP contribution in [-0.4, -0.2) is 56.8 Å². The summed E-state index contributed by atoms with van der Waals surface area (Å²) in [6, 6.07) is 3.95. The number of nitrogens with zero attached hydrogens (tertiary/aromatic N) is 2. The predicted molar refractivity (Wildman–Crippen MR) is 111 cm³/mol. The van der Waals surface area contributed by atoms with Crippen molar-refractivity contribution >= 4 is 46.3 Å². The zero-order chi connectivity index (χ0) is 23.1. The fraction of sp³-hybridized carbons (Fsp3) is 0.421. The van der Waals surface area contributed by atoms with Crippen molar-refractivity contribution in [3.8, 4) is 0 Å². The molecule has 0 aliphatic carbocycles. The van der Waals surface area contributed by atoms with Gasteiger partial charge < -0.3 is 16.0 Å². The molecule has 31 heavy (non-hydrogen) atoms. The fourth-order valence-electron chi connectivity index (χ4n) is 2.79. The number of halogens is 2. The van der Waals surface area contributed by atoms with Gasteiger partial charge in [-0.3, -0.25) is 29.6 Å². The van der Waals surface area contributed by atoms with E-state index in [-0.39, 0.29) is 31.0 Å². The number of hydrogen-bond donors (Lipinski definition) is 4. The smallest absolute Gasteiger partial charge is 0.291 e. The van der Waals surface area contributed by atoms with Gasteiger partial charge in [-0.25, -0.2) is 9.40 Å². The molecule has 2 aromatic heterocycles. The first-order valence-corrected chi connectivity index (χ1v) is 9.95. The van der Waals surface area contributed by atoms with Crippen LogP contribution in [0.1, 0.15) is 37.2 Å². The van der Waals surface area contributed by atoms with Crippen molar-refractivity contribution in [3.63, 3.8) is 0 Å². The quantitative estimate of drug-likeness (QED) is 0.329. The van der Waals surface area contributed by atoms with Gasteiger partial charge in [0.15, 0.2) is 0 Å². The highest BCUT2D eigenvalue weighted by Gasteiger charge is 2.29. The van der Waals surface area contributed by atoms with E-state index in [9.17, 15) is 23.6 Å². The second-order valence-corrected chi connectivity index (χ2v) is 7.64. The minimum atomic E-state index is -2.43. The monoisotopic (exact) mass is 454 g/mol. The molecule has 0 saturated carbocycles. The fourth-order valence-corrected chi connectivity index (χ4v) is 2.91. The van der Waals surface area contributed by atoms with Gasteiger partial charge in [-0.15, -0.1) is 0 Å². The van der Waals surface area contributed by atoms with E-state index in [0.29, 0.717) is 16.0 Å². The molecule has 12 heteroatoms. The molecule has 0 aliphatic rings. The topological polar surface area (TPSA) is 150 Å². The average molecular weight is 455 g/mol. The number of hydrazine groups is 1. The number of nitrogens with two attached hydrogens (primary N) is 1. The van der Waals surface area contributed by atoms with Crippen molar-refractivity contribution in [2.24, 2.45) is 11.7 Å². The van der Waals surface area contributed by atoms with Gasteiger partial charge >= 0.3 is 0 Å². The Kier molecular flexibility index (Phi) is 8.31. The Morgan fingerprint density at radius 3 is 2.61 bits per heavy atom. The van der Waals surface area contributed by atoms with E-state index in [0.717, 1.165) is 0 Å². The van der Waals surface area contributed by atoms with E-state index in [1.165, 1.54) is 0 Å². The number of carbonyl (C=O) groups is 4. The van der Waals surface area contributed by atoms with Gasteiger partial charge in [0, 0.05) is 12.6 Å². The molecule has 2 aromatic rings. The van der Waals surface area contributed by atoms with Crippen LogP contribution in [0.15, 0.2) is 24.4 Å². The molecule has 0 aromatic carbocycles. The number of rotatable bonds is 9. The Balaban J connectivity index is 2.16. The molecule has 4 amide bonds. The van der Waals surface area contributed by atoms with Crippen molar-refractivity contribution in [2.75, 3.05) is 6.54 Å². The number of amides is 4. The van der Waals surface area contributed by atoms with E-state index >= 15 is 0 Å². The summed E-state index contributed by atoms with van der Waals surface area (Å²) in [4.78, 5) is 55.5. The van der Waals surface area contributed by atoms with Crippen LogP contribution in [0, 0.1) is 5.92 Å².